The quantitative estimate of drug-likeness (QED) is 0.598. The third-order valence-corrected chi connectivity index (χ3v) is 7.11. The minimum absolute atomic E-state index is 0.0219. The zero-order chi connectivity index (χ0) is 26.6. The molecule has 2 fully saturated rings. The van der Waals surface area contributed by atoms with Crippen LogP contribution in [0.2, 0.25) is 0 Å². The highest BCUT2D eigenvalue weighted by atomic mass is 16.5. The monoisotopic (exact) mass is 523 g/mol. The van der Waals surface area contributed by atoms with Crippen LogP contribution >= 0.6 is 0 Å². The van der Waals surface area contributed by atoms with Crippen LogP contribution in [0.3, 0.4) is 0 Å². The van der Waals surface area contributed by atoms with Crippen LogP contribution in [-0.2, 0) is 9.59 Å². The molecule has 5 rings (SSSR count). The van der Waals surface area contributed by atoms with E-state index in [1.165, 1.54) is 11.1 Å². The number of aliphatic hydroxyl groups is 2. The highest BCUT2D eigenvalue weighted by Crippen LogP contribution is 2.34. The number of pyridine rings is 1. The highest BCUT2D eigenvalue weighted by Gasteiger charge is 2.32. The number of benzene rings is 1. The summed E-state index contributed by atoms with van der Waals surface area (Å²) in [5, 5.41) is 19.2. The molecule has 3 aliphatic heterocycles. The molecular formula is C27H33N5O6. The lowest BCUT2D eigenvalue weighted by Crippen LogP contribution is -2.56. The van der Waals surface area contributed by atoms with Gasteiger partial charge in [-0.05, 0) is 37.5 Å². The molecule has 38 heavy (non-hydrogen) atoms. The molecule has 2 bridgehead atoms. The van der Waals surface area contributed by atoms with E-state index < -0.39 is 12.2 Å². The summed E-state index contributed by atoms with van der Waals surface area (Å²) in [5.41, 5.74) is 1.52. The van der Waals surface area contributed by atoms with Gasteiger partial charge >= 0.3 is 0 Å². The average molecular weight is 524 g/mol. The molecule has 4 heterocycles. The smallest absolute Gasteiger partial charge is 0.255 e. The fourth-order valence-corrected chi connectivity index (χ4v) is 4.83. The number of amides is 3. The minimum atomic E-state index is -0.510. The lowest BCUT2D eigenvalue weighted by atomic mass is 10.1. The second-order valence-electron chi connectivity index (χ2n) is 10.0. The van der Waals surface area contributed by atoms with Crippen molar-refractivity contribution in [3.05, 3.63) is 48.3 Å². The molecule has 0 atom stereocenters. The largest absolute Gasteiger partial charge is 0.491 e. The molecule has 2 aromatic rings. The number of β-amino-alcohol motifs (C(OH)–C–C–N with tert-alkyl or cyclic N) is 2. The summed E-state index contributed by atoms with van der Waals surface area (Å²) in [7, 11) is 0. The van der Waals surface area contributed by atoms with Crippen LogP contribution in [0, 0.1) is 0 Å². The lowest BCUT2D eigenvalue weighted by molar-refractivity contribution is -0.142. The van der Waals surface area contributed by atoms with Crippen LogP contribution in [-0.4, -0.2) is 112 Å². The number of para-hydroxylation sites is 2. The number of rotatable bonds is 4. The summed E-state index contributed by atoms with van der Waals surface area (Å²) in [5.74, 6) is -0.0452. The highest BCUT2D eigenvalue weighted by molar-refractivity contribution is 5.97. The fraction of sp³-hybridized carbons (Fsp3) is 0.481. The summed E-state index contributed by atoms with van der Waals surface area (Å²) in [6, 6.07) is 9.13. The van der Waals surface area contributed by atoms with Gasteiger partial charge < -0.3 is 34.5 Å². The molecular weight excluding hydrogens is 490 g/mol. The predicted molar refractivity (Wildman–Crippen MR) is 138 cm³/mol. The van der Waals surface area contributed by atoms with Gasteiger partial charge in [-0.2, -0.15) is 0 Å². The number of hydrogen-bond acceptors (Lipinski definition) is 8. The molecule has 0 spiro atoms. The fourth-order valence-electron chi connectivity index (χ4n) is 4.83. The number of aliphatic hydroxyl groups excluding tert-OH is 2. The van der Waals surface area contributed by atoms with E-state index in [9.17, 15) is 24.6 Å². The topological polar surface area (TPSA) is 127 Å². The van der Waals surface area contributed by atoms with Crippen molar-refractivity contribution in [1.82, 2.24) is 19.7 Å². The Bertz CT molecular complexity index is 1180. The minimum Gasteiger partial charge on any atom is -0.491 e. The van der Waals surface area contributed by atoms with Crippen LogP contribution in [0.4, 0.5) is 11.4 Å². The van der Waals surface area contributed by atoms with E-state index in [0.29, 0.717) is 55.3 Å². The number of likely N-dealkylation sites (tertiary alicyclic amines) is 2. The summed E-state index contributed by atoms with van der Waals surface area (Å²) in [6.07, 6.45) is 4.32. The molecule has 202 valence electrons. The van der Waals surface area contributed by atoms with E-state index in [1.807, 2.05) is 24.3 Å². The summed E-state index contributed by atoms with van der Waals surface area (Å²) in [6.45, 7) is 1.92. The number of anilines is 2. The summed E-state index contributed by atoms with van der Waals surface area (Å²) < 4.78 is 6.12. The maximum Gasteiger partial charge on any atom is 0.255 e. The first-order chi connectivity index (χ1) is 18.4. The van der Waals surface area contributed by atoms with Crippen LogP contribution in [0.5, 0.6) is 5.75 Å². The normalized spacial score (nSPS) is 19.2. The number of ether oxygens (including phenoxy) is 1. The van der Waals surface area contributed by atoms with Crippen molar-refractivity contribution in [3.63, 3.8) is 0 Å². The number of carbonyl (C=O) groups excluding carboxylic acids is 3. The molecule has 0 saturated carbocycles. The SMILES string of the molecule is O=C(CN1CCCCCOc2ccccc2N(CC(=O)N2CC(O)C2)c2cncc(c2)C1=O)N1CC(O)C1. The van der Waals surface area contributed by atoms with Gasteiger partial charge in [-0.1, -0.05) is 12.1 Å². The van der Waals surface area contributed by atoms with Gasteiger partial charge in [-0.3, -0.25) is 19.4 Å². The van der Waals surface area contributed by atoms with Gasteiger partial charge in [0, 0.05) is 38.9 Å². The molecule has 11 nitrogen and oxygen atoms in total. The van der Waals surface area contributed by atoms with Gasteiger partial charge in [-0.25, -0.2) is 0 Å². The Morgan fingerprint density at radius 2 is 1.61 bits per heavy atom. The Morgan fingerprint density at radius 3 is 2.32 bits per heavy atom. The van der Waals surface area contributed by atoms with E-state index >= 15 is 0 Å². The molecule has 0 unspecified atom stereocenters. The van der Waals surface area contributed by atoms with Crippen molar-refractivity contribution in [2.75, 3.05) is 57.3 Å². The van der Waals surface area contributed by atoms with E-state index in [-0.39, 0.29) is 43.9 Å². The number of nitrogens with zero attached hydrogens (tertiary/aromatic N) is 5. The van der Waals surface area contributed by atoms with Crippen molar-refractivity contribution < 1.29 is 29.3 Å². The molecule has 11 heteroatoms. The number of fused-ring (bicyclic) bond motifs is 3. The van der Waals surface area contributed by atoms with Crippen molar-refractivity contribution in [2.45, 2.75) is 31.5 Å². The molecule has 2 saturated heterocycles. The molecule has 3 amide bonds. The molecule has 0 aliphatic carbocycles. The van der Waals surface area contributed by atoms with E-state index in [0.717, 1.165) is 12.8 Å². The van der Waals surface area contributed by atoms with Crippen LogP contribution in [0.1, 0.15) is 29.6 Å². The third kappa shape index (κ3) is 5.73. The Hall–Kier alpha value is -3.70. The zero-order valence-corrected chi connectivity index (χ0v) is 21.2. The Kier molecular flexibility index (Phi) is 7.75. The Labute approximate surface area is 221 Å². The first kappa shape index (κ1) is 25.9. The first-order valence-electron chi connectivity index (χ1n) is 13.0. The van der Waals surface area contributed by atoms with Crippen molar-refractivity contribution in [2.24, 2.45) is 0 Å². The maximum atomic E-state index is 13.6. The third-order valence-electron chi connectivity index (χ3n) is 7.11. The van der Waals surface area contributed by atoms with Crippen molar-refractivity contribution >= 4 is 29.1 Å². The molecule has 2 N–H and O–H groups in total. The number of carbonyl (C=O) groups is 3. The average Bonchev–Trinajstić information content (AvgIpc) is 2.88. The molecule has 1 aromatic carbocycles. The summed E-state index contributed by atoms with van der Waals surface area (Å²) >= 11 is 0. The standard InChI is InChI=1S/C27H33N5O6/c33-21-13-30(14-21)25(35)17-29-8-4-1-5-9-38-24-7-3-2-6-23(24)32(18-26(36)31-15-22(34)16-31)20-10-19(27(29)37)11-28-12-20/h2-3,6-7,10-12,21-22,33-34H,1,4-5,8-9,13-18H2. The zero-order valence-electron chi connectivity index (χ0n) is 21.2. The van der Waals surface area contributed by atoms with Gasteiger partial charge in [0.15, 0.2) is 0 Å². The van der Waals surface area contributed by atoms with Gasteiger partial charge in [0.1, 0.15) is 18.8 Å². The van der Waals surface area contributed by atoms with E-state index in [4.69, 9.17) is 4.74 Å². The Morgan fingerprint density at radius 1 is 0.921 bits per heavy atom. The van der Waals surface area contributed by atoms with Gasteiger partial charge in [0.2, 0.25) is 11.8 Å². The van der Waals surface area contributed by atoms with Gasteiger partial charge in [0.05, 0.1) is 41.9 Å². The Balaban J connectivity index is 1.45. The molecule has 1 aromatic heterocycles. The second kappa shape index (κ2) is 11.4. The van der Waals surface area contributed by atoms with Crippen LogP contribution in [0.15, 0.2) is 42.7 Å². The molecule has 3 aliphatic rings. The predicted octanol–water partition coefficient (Wildman–Crippen LogP) is 0.631. The number of aromatic nitrogens is 1. The van der Waals surface area contributed by atoms with Crippen LogP contribution in [0.25, 0.3) is 0 Å². The van der Waals surface area contributed by atoms with E-state index in [2.05, 4.69) is 4.98 Å². The summed E-state index contributed by atoms with van der Waals surface area (Å²) in [4.78, 5) is 50.1. The molecule has 0 radical (unpaired) electrons. The maximum absolute atomic E-state index is 13.6. The van der Waals surface area contributed by atoms with Crippen LogP contribution < -0.4 is 9.64 Å². The number of hydrogen-bond donors (Lipinski definition) is 2. The van der Waals surface area contributed by atoms with Gasteiger partial charge in [-0.15, -0.1) is 0 Å². The first-order valence-corrected chi connectivity index (χ1v) is 13.0. The van der Waals surface area contributed by atoms with Gasteiger partial charge in [0.25, 0.3) is 5.91 Å². The van der Waals surface area contributed by atoms with Crippen molar-refractivity contribution in [3.8, 4) is 5.75 Å². The van der Waals surface area contributed by atoms with Crippen molar-refractivity contribution in [1.29, 1.82) is 0 Å². The second-order valence-corrected chi connectivity index (χ2v) is 10.0. The lowest BCUT2D eigenvalue weighted by Gasteiger charge is -2.38. The van der Waals surface area contributed by atoms with E-state index in [1.54, 1.807) is 27.0 Å².